The van der Waals surface area contributed by atoms with Gasteiger partial charge in [0.05, 0.1) is 37.1 Å². The molecule has 0 radical (unpaired) electrons. The highest BCUT2D eigenvalue weighted by Crippen LogP contribution is 2.32. The van der Waals surface area contributed by atoms with Gasteiger partial charge < -0.3 is 14.0 Å². The minimum atomic E-state index is 0.873. The zero-order chi connectivity index (χ0) is 17.9. The van der Waals surface area contributed by atoms with Crippen LogP contribution >= 0.6 is 0 Å². The Balaban J connectivity index is 1.59. The SMILES string of the molecule is COc1ccc2c3ccnc(C)c3n(CCCCN3CCOCC3)c2c1. The number of hydrogen-bond acceptors (Lipinski definition) is 4. The molecule has 26 heavy (non-hydrogen) atoms. The van der Waals surface area contributed by atoms with Crippen LogP contribution in [0, 0.1) is 6.92 Å². The van der Waals surface area contributed by atoms with Gasteiger partial charge in [0.1, 0.15) is 5.75 Å². The second-order valence-corrected chi connectivity index (χ2v) is 6.99. The van der Waals surface area contributed by atoms with E-state index in [0.717, 1.165) is 57.3 Å². The van der Waals surface area contributed by atoms with Crippen LogP contribution in [-0.4, -0.2) is 54.4 Å². The van der Waals surface area contributed by atoms with Gasteiger partial charge in [-0.1, -0.05) is 0 Å². The van der Waals surface area contributed by atoms with Gasteiger partial charge in [-0.15, -0.1) is 0 Å². The lowest BCUT2D eigenvalue weighted by molar-refractivity contribution is 0.0371. The molecule has 0 N–H and O–H groups in total. The highest BCUT2D eigenvalue weighted by atomic mass is 16.5. The van der Waals surface area contributed by atoms with E-state index < -0.39 is 0 Å². The molecule has 138 valence electrons. The minimum Gasteiger partial charge on any atom is -0.497 e. The maximum Gasteiger partial charge on any atom is 0.120 e. The van der Waals surface area contributed by atoms with Crippen molar-refractivity contribution in [3.8, 4) is 5.75 Å². The summed E-state index contributed by atoms with van der Waals surface area (Å²) in [5, 5.41) is 2.56. The molecule has 0 spiro atoms. The number of benzene rings is 1. The summed E-state index contributed by atoms with van der Waals surface area (Å²) < 4.78 is 13.3. The highest BCUT2D eigenvalue weighted by molar-refractivity contribution is 6.09. The first-order valence-electron chi connectivity index (χ1n) is 9.49. The van der Waals surface area contributed by atoms with Gasteiger partial charge >= 0.3 is 0 Å². The molecule has 0 saturated carbocycles. The summed E-state index contributed by atoms with van der Waals surface area (Å²) in [6.07, 6.45) is 4.26. The lowest BCUT2D eigenvalue weighted by Crippen LogP contribution is -2.36. The van der Waals surface area contributed by atoms with E-state index in [4.69, 9.17) is 9.47 Å². The third kappa shape index (κ3) is 3.29. The number of aromatic nitrogens is 2. The van der Waals surface area contributed by atoms with E-state index in [1.165, 1.54) is 28.2 Å². The van der Waals surface area contributed by atoms with Crippen LogP contribution in [0.4, 0.5) is 0 Å². The van der Waals surface area contributed by atoms with E-state index in [1.54, 1.807) is 7.11 Å². The van der Waals surface area contributed by atoms with Crippen molar-refractivity contribution in [1.29, 1.82) is 0 Å². The zero-order valence-corrected chi connectivity index (χ0v) is 15.7. The Morgan fingerprint density at radius 1 is 1.08 bits per heavy atom. The van der Waals surface area contributed by atoms with Crippen molar-refractivity contribution in [2.75, 3.05) is 40.0 Å². The second-order valence-electron chi connectivity index (χ2n) is 6.99. The molecule has 4 rings (SSSR count). The topological polar surface area (TPSA) is 39.5 Å². The number of nitrogens with zero attached hydrogens (tertiary/aromatic N) is 3. The summed E-state index contributed by atoms with van der Waals surface area (Å²) in [7, 11) is 1.73. The minimum absolute atomic E-state index is 0.873. The summed E-state index contributed by atoms with van der Waals surface area (Å²) in [4.78, 5) is 7.04. The van der Waals surface area contributed by atoms with Crippen LogP contribution in [0.5, 0.6) is 5.75 Å². The van der Waals surface area contributed by atoms with E-state index in [-0.39, 0.29) is 0 Å². The molecule has 1 aliphatic rings. The lowest BCUT2D eigenvalue weighted by atomic mass is 10.1. The maximum absolute atomic E-state index is 5.46. The normalized spacial score (nSPS) is 15.8. The van der Waals surface area contributed by atoms with E-state index in [9.17, 15) is 0 Å². The molecule has 1 aliphatic heterocycles. The van der Waals surface area contributed by atoms with Crippen molar-refractivity contribution in [3.05, 3.63) is 36.2 Å². The molecule has 5 heteroatoms. The summed E-state index contributed by atoms with van der Waals surface area (Å²) in [6.45, 7) is 8.13. The van der Waals surface area contributed by atoms with Gasteiger partial charge in [0.2, 0.25) is 0 Å². The molecule has 2 aromatic heterocycles. The van der Waals surface area contributed by atoms with Crippen molar-refractivity contribution < 1.29 is 9.47 Å². The average Bonchev–Trinajstić information content (AvgIpc) is 3.00. The summed E-state index contributed by atoms with van der Waals surface area (Å²) in [6, 6.07) is 8.48. The first-order valence-corrected chi connectivity index (χ1v) is 9.49. The molecule has 1 fully saturated rings. The molecule has 3 heterocycles. The molecule has 0 amide bonds. The largest absolute Gasteiger partial charge is 0.497 e. The van der Waals surface area contributed by atoms with E-state index in [2.05, 4.69) is 39.6 Å². The molecule has 0 aliphatic carbocycles. The Kier molecular flexibility index (Phi) is 5.09. The third-order valence-electron chi connectivity index (χ3n) is 5.37. The summed E-state index contributed by atoms with van der Waals surface area (Å²) in [5.41, 5.74) is 3.58. The average molecular weight is 353 g/mol. The Hall–Kier alpha value is -2.11. The predicted octanol–water partition coefficient (Wildman–Crippen LogP) is 3.62. The fraction of sp³-hybridized carbons (Fsp3) is 0.476. The number of unbranched alkanes of at least 4 members (excludes halogenated alkanes) is 1. The standard InChI is InChI=1S/C21H27N3O2/c1-16-21-19(7-8-22-16)18-6-5-17(25-2)15-20(18)24(21)10-4-3-9-23-11-13-26-14-12-23/h5-8,15H,3-4,9-14H2,1-2H3. The Morgan fingerprint density at radius 3 is 2.69 bits per heavy atom. The molecular formula is C21H27N3O2. The van der Waals surface area contributed by atoms with E-state index >= 15 is 0 Å². The van der Waals surface area contributed by atoms with Crippen LogP contribution in [0.3, 0.4) is 0 Å². The first-order chi connectivity index (χ1) is 12.8. The molecule has 5 nitrogen and oxygen atoms in total. The van der Waals surface area contributed by atoms with Crippen molar-refractivity contribution in [3.63, 3.8) is 0 Å². The number of fused-ring (bicyclic) bond motifs is 3. The van der Waals surface area contributed by atoms with Crippen molar-refractivity contribution >= 4 is 21.8 Å². The van der Waals surface area contributed by atoms with Crippen LogP contribution in [0.1, 0.15) is 18.5 Å². The molecule has 1 saturated heterocycles. The molecule has 1 aromatic carbocycles. The molecule has 0 unspecified atom stereocenters. The van der Waals surface area contributed by atoms with Crippen LogP contribution in [0.15, 0.2) is 30.5 Å². The van der Waals surface area contributed by atoms with E-state index in [1.807, 2.05) is 12.3 Å². The number of rotatable bonds is 6. The molecular weight excluding hydrogens is 326 g/mol. The van der Waals surface area contributed by atoms with Crippen molar-refractivity contribution in [1.82, 2.24) is 14.5 Å². The summed E-state index contributed by atoms with van der Waals surface area (Å²) in [5.74, 6) is 0.903. The van der Waals surface area contributed by atoms with Gasteiger partial charge in [0.15, 0.2) is 0 Å². The fourth-order valence-corrected chi connectivity index (χ4v) is 3.99. The second kappa shape index (κ2) is 7.64. The highest BCUT2D eigenvalue weighted by Gasteiger charge is 2.14. The van der Waals surface area contributed by atoms with Crippen LogP contribution < -0.4 is 4.74 Å². The summed E-state index contributed by atoms with van der Waals surface area (Å²) >= 11 is 0. The predicted molar refractivity (Wildman–Crippen MR) is 105 cm³/mol. The first kappa shape index (κ1) is 17.3. The molecule has 0 atom stereocenters. The Labute approximate surface area is 154 Å². The van der Waals surface area contributed by atoms with Gasteiger partial charge in [0, 0.05) is 42.7 Å². The van der Waals surface area contributed by atoms with E-state index in [0.29, 0.717) is 0 Å². The number of ether oxygens (including phenoxy) is 2. The maximum atomic E-state index is 5.46. The van der Waals surface area contributed by atoms with Gasteiger partial charge in [0.25, 0.3) is 0 Å². The van der Waals surface area contributed by atoms with Gasteiger partial charge in [-0.3, -0.25) is 9.88 Å². The Morgan fingerprint density at radius 2 is 1.88 bits per heavy atom. The number of hydrogen-bond donors (Lipinski definition) is 0. The van der Waals surface area contributed by atoms with Crippen molar-refractivity contribution in [2.24, 2.45) is 0 Å². The third-order valence-corrected chi connectivity index (χ3v) is 5.37. The van der Waals surface area contributed by atoms with Crippen molar-refractivity contribution in [2.45, 2.75) is 26.3 Å². The molecule has 0 bridgehead atoms. The lowest BCUT2D eigenvalue weighted by Gasteiger charge is -2.26. The molecule has 3 aromatic rings. The smallest absolute Gasteiger partial charge is 0.120 e. The van der Waals surface area contributed by atoms with Gasteiger partial charge in [-0.2, -0.15) is 0 Å². The number of morpholine rings is 1. The Bertz CT molecular complexity index is 897. The van der Waals surface area contributed by atoms with Gasteiger partial charge in [-0.05, 0) is 44.5 Å². The number of aryl methyl sites for hydroxylation is 2. The van der Waals surface area contributed by atoms with Crippen LogP contribution in [0.25, 0.3) is 21.8 Å². The van der Waals surface area contributed by atoms with Gasteiger partial charge in [-0.25, -0.2) is 0 Å². The monoisotopic (exact) mass is 353 g/mol. The fourth-order valence-electron chi connectivity index (χ4n) is 3.99. The van der Waals surface area contributed by atoms with Crippen LogP contribution in [-0.2, 0) is 11.3 Å². The number of methoxy groups -OCH3 is 1. The van der Waals surface area contributed by atoms with Crippen LogP contribution in [0.2, 0.25) is 0 Å². The number of pyridine rings is 1. The quantitative estimate of drug-likeness (QED) is 0.635. The zero-order valence-electron chi connectivity index (χ0n) is 15.7.